The number of hydrogen-bond donors (Lipinski definition) is 1. The molecular formula is C17H22N2. The summed E-state index contributed by atoms with van der Waals surface area (Å²) in [6.07, 6.45) is 3.67. The van der Waals surface area contributed by atoms with E-state index in [0.717, 1.165) is 6.54 Å². The molecule has 1 atom stereocenters. The zero-order valence-corrected chi connectivity index (χ0v) is 12.2. The van der Waals surface area contributed by atoms with E-state index >= 15 is 0 Å². The topological polar surface area (TPSA) is 24.9 Å². The van der Waals surface area contributed by atoms with Crippen LogP contribution in [-0.4, -0.2) is 4.98 Å². The molecule has 0 radical (unpaired) electrons. The Morgan fingerprint density at radius 3 is 2.32 bits per heavy atom. The zero-order chi connectivity index (χ0) is 13.8. The van der Waals surface area contributed by atoms with E-state index in [0.29, 0.717) is 6.04 Å². The quantitative estimate of drug-likeness (QED) is 0.896. The summed E-state index contributed by atoms with van der Waals surface area (Å²) in [5.41, 5.74) is 6.74. The Hall–Kier alpha value is -1.67. The standard InChI is InChI=1S/C17H22N2/c1-12-9-14(3)17(10-13(12)2)15(4)19-11-16-5-7-18-8-6-16/h5-10,15,19H,11H2,1-4H3. The molecule has 0 bridgehead atoms. The summed E-state index contributed by atoms with van der Waals surface area (Å²) in [6.45, 7) is 9.62. The number of aryl methyl sites for hydroxylation is 3. The van der Waals surface area contributed by atoms with E-state index in [-0.39, 0.29) is 0 Å². The summed E-state index contributed by atoms with van der Waals surface area (Å²) in [6, 6.07) is 9.02. The van der Waals surface area contributed by atoms with Crippen LogP contribution < -0.4 is 5.32 Å². The Balaban J connectivity index is 2.08. The first-order chi connectivity index (χ1) is 9.08. The largest absolute Gasteiger partial charge is 0.306 e. The van der Waals surface area contributed by atoms with E-state index in [2.05, 4.69) is 50.1 Å². The van der Waals surface area contributed by atoms with Crippen molar-refractivity contribution in [2.45, 2.75) is 40.3 Å². The van der Waals surface area contributed by atoms with Crippen LogP contribution in [-0.2, 0) is 6.54 Å². The van der Waals surface area contributed by atoms with Gasteiger partial charge in [0.25, 0.3) is 0 Å². The van der Waals surface area contributed by atoms with Gasteiger partial charge in [-0.3, -0.25) is 4.98 Å². The van der Waals surface area contributed by atoms with Crippen molar-refractivity contribution < 1.29 is 0 Å². The van der Waals surface area contributed by atoms with Gasteiger partial charge in [0.15, 0.2) is 0 Å². The van der Waals surface area contributed by atoms with Crippen LogP contribution in [0.1, 0.15) is 40.8 Å². The molecule has 1 aromatic heterocycles. The van der Waals surface area contributed by atoms with Crippen LogP contribution in [0.3, 0.4) is 0 Å². The normalized spacial score (nSPS) is 12.4. The predicted octanol–water partition coefficient (Wildman–Crippen LogP) is 3.86. The molecule has 19 heavy (non-hydrogen) atoms. The van der Waals surface area contributed by atoms with E-state index in [4.69, 9.17) is 0 Å². The molecule has 1 heterocycles. The van der Waals surface area contributed by atoms with E-state index in [9.17, 15) is 0 Å². The number of nitrogens with one attached hydrogen (secondary N) is 1. The van der Waals surface area contributed by atoms with Crippen LogP contribution >= 0.6 is 0 Å². The molecule has 100 valence electrons. The molecule has 0 amide bonds. The minimum atomic E-state index is 0.354. The summed E-state index contributed by atoms with van der Waals surface area (Å²) in [5.74, 6) is 0. The molecule has 0 saturated heterocycles. The van der Waals surface area contributed by atoms with E-state index in [1.54, 1.807) is 0 Å². The lowest BCUT2D eigenvalue weighted by atomic mass is 9.96. The number of nitrogens with zero attached hydrogens (tertiary/aromatic N) is 1. The number of benzene rings is 1. The van der Waals surface area contributed by atoms with Crippen molar-refractivity contribution in [3.05, 3.63) is 64.5 Å². The number of hydrogen-bond acceptors (Lipinski definition) is 2. The van der Waals surface area contributed by atoms with Gasteiger partial charge in [0, 0.05) is 25.0 Å². The third-order valence-electron chi connectivity index (χ3n) is 3.71. The first-order valence-electron chi connectivity index (χ1n) is 6.78. The molecule has 2 rings (SSSR count). The molecule has 0 aliphatic carbocycles. The second-order valence-electron chi connectivity index (χ2n) is 5.25. The van der Waals surface area contributed by atoms with Gasteiger partial charge in [0.1, 0.15) is 0 Å². The van der Waals surface area contributed by atoms with Crippen molar-refractivity contribution in [1.29, 1.82) is 0 Å². The summed E-state index contributed by atoms with van der Waals surface area (Å²) < 4.78 is 0. The van der Waals surface area contributed by atoms with E-state index in [1.165, 1.54) is 27.8 Å². The smallest absolute Gasteiger partial charge is 0.0297 e. The lowest BCUT2D eigenvalue weighted by Crippen LogP contribution is -2.19. The Morgan fingerprint density at radius 1 is 1.00 bits per heavy atom. The molecule has 1 unspecified atom stereocenters. The SMILES string of the molecule is Cc1cc(C)c(C(C)NCc2ccncc2)cc1C. The minimum Gasteiger partial charge on any atom is -0.306 e. The molecule has 1 N–H and O–H groups in total. The fraction of sp³-hybridized carbons (Fsp3) is 0.353. The van der Waals surface area contributed by atoms with Crippen molar-refractivity contribution in [3.8, 4) is 0 Å². The Kier molecular flexibility index (Phi) is 4.33. The average molecular weight is 254 g/mol. The second-order valence-corrected chi connectivity index (χ2v) is 5.25. The van der Waals surface area contributed by atoms with E-state index < -0.39 is 0 Å². The Morgan fingerprint density at radius 2 is 1.63 bits per heavy atom. The van der Waals surface area contributed by atoms with Crippen molar-refractivity contribution in [1.82, 2.24) is 10.3 Å². The highest BCUT2D eigenvalue weighted by Crippen LogP contribution is 2.21. The summed E-state index contributed by atoms with van der Waals surface area (Å²) in [4.78, 5) is 4.04. The van der Waals surface area contributed by atoms with E-state index in [1.807, 2.05) is 24.5 Å². The maximum Gasteiger partial charge on any atom is 0.0297 e. The van der Waals surface area contributed by atoms with Crippen LogP contribution in [0.15, 0.2) is 36.7 Å². The van der Waals surface area contributed by atoms with Crippen LogP contribution in [0, 0.1) is 20.8 Å². The van der Waals surface area contributed by atoms with Gasteiger partial charge in [-0.15, -0.1) is 0 Å². The molecule has 2 heteroatoms. The van der Waals surface area contributed by atoms with Crippen LogP contribution in [0.25, 0.3) is 0 Å². The number of rotatable bonds is 4. The molecule has 0 saturated carbocycles. The summed E-state index contributed by atoms with van der Waals surface area (Å²) >= 11 is 0. The number of pyridine rings is 1. The zero-order valence-electron chi connectivity index (χ0n) is 12.2. The van der Waals surface area contributed by atoms with Crippen molar-refractivity contribution >= 4 is 0 Å². The van der Waals surface area contributed by atoms with Crippen LogP contribution in [0.2, 0.25) is 0 Å². The summed E-state index contributed by atoms with van der Waals surface area (Å²) in [5, 5.41) is 3.57. The van der Waals surface area contributed by atoms with Gasteiger partial charge in [-0.1, -0.05) is 12.1 Å². The van der Waals surface area contributed by atoms with Gasteiger partial charge in [-0.25, -0.2) is 0 Å². The third-order valence-corrected chi connectivity index (χ3v) is 3.71. The van der Waals surface area contributed by atoms with Gasteiger partial charge >= 0.3 is 0 Å². The van der Waals surface area contributed by atoms with Crippen molar-refractivity contribution in [3.63, 3.8) is 0 Å². The monoisotopic (exact) mass is 254 g/mol. The maximum atomic E-state index is 4.04. The third kappa shape index (κ3) is 3.42. The van der Waals surface area contributed by atoms with Crippen molar-refractivity contribution in [2.75, 3.05) is 0 Å². The molecule has 1 aromatic carbocycles. The highest BCUT2D eigenvalue weighted by molar-refractivity contribution is 5.38. The summed E-state index contributed by atoms with van der Waals surface area (Å²) in [7, 11) is 0. The Bertz CT molecular complexity index is 547. The first-order valence-corrected chi connectivity index (χ1v) is 6.78. The average Bonchev–Trinajstić information content (AvgIpc) is 2.41. The molecule has 2 aromatic rings. The van der Waals surface area contributed by atoms with Gasteiger partial charge in [0.2, 0.25) is 0 Å². The van der Waals surface area contributed by atoms with Crippen LogP contribution in [0.5, 0.6) is 0 Å². The lowest BCUT2D eigenvalue weighted by molar-refractivity contribution is 0.571. The van der Waals surface area contributed by atoms with Gasteiger partial charge in [-0.2, -0.15) is 0 Å². The van der Waals surface area contributed by atoms with Crippen LogP contribution in [0.4, 0.5) is 0 Å². The highest BCUT2D eigenvalue weighted by Gasteiger charge is 2.09. The fourth-order valence-corrected chi connectivity index (χ4v) is 2.33. The molecule has 0 aliphatic heterocycles. The highest BCUT2D eigenvalue weighted by atomic mass is 14.9. The first kappa shape index (κ1) is 13.8. The minimum absolute atomic E-state index is 0.354. The molecule has 2 nitrogen and oxygen atoms in total. The Labute approximate surface area is 115 Å². The second kappa shape index (κ2) is 5.98. The lowest BCUT2D eigenvalue weighted by Gasteiger charge is -2.18. The molecule has 0 aliphatic rings. The van der Waals surface area contributed by atoms with Gasteiger partial charge in [-0.05, 0) is 67.6 Å². The molecule has 0 spiro atoms. The number of aromatic nitrogens is 1. The molecule has 0 fully saturated rings. The molecular weight excluding hydrogens is 232 g/mol. The fourth-order valence-electron chi connectivity index (χ4n) is 2.33. The van der Waals surface area contributed by atoms with Gasteiger partial charge in [0.05, 0.1) is 0 Å². The van der Waals surface area contributed by atoms with Crippen molar-refractivity contribution in [2.24, 2.45) is 0 Å². The predicted molar refractivity (Wildman–Crippen MR) is 80.1 cm³/mol. The van der Waals surface area contributed by atoms with Gasteiger partial charge < -0.3 is 5.32 Å². The maximum absolute atomic E-state index is 4.04.